The largest absolute Gasteiger partial charge is 0.462 e. The van der Waals surface area contributed by atoms with Gasteiger partial charge in [0.25, 0.3) is 0 Å². The number of hydrogen-bond acceptors (Lipinski definition) is 6. The summed E-state index contributed by atoms with van der Waals surface area (Å²) in [5, 5.41) is 5.28. The van der Waals surface area contributed by atoms with Crippen LogP contribution in [0.15, 0.2) is 54.6 Å². The third-order valence-corrected chi connectivity index (χ3v) is 10.6. The third kappa shape index (κ3) is 10.6. The molecule has 0 aromatic heterocycles. The molecule has 3 atom stereocenters. The second-order valence-corrected chi connectivity index (χ2v) is 14.3. The van der Waals surface area contributed by atoms with E-state index in [1.165, 1.54) is 0 Å². The summed E-state index contributed by atoms with van der Waals surface area (Å²) in [6, 6.07) is 16.9. The zero-order chi connectivity index (χ0) is 36.8. The number of unbranched alkanes of at least 4 members (excludes halogenated alkanes) is 3. The average molecular weight is 697 g/mol. The Morgan fingerprint density at radius 2 is 0.706 bits per heavy atom. The number of ether oxygens (including phenoxy) is 3. The van der Waals surface area contributed by atoms with Crippen LogP contribution < -0.4 is 0 Å². The number of fused-ring (bicyclic) bond motifs is 6. The zero-order valence-electron chi connectivity index (χ0n) is 32.0. The van der Waals surface area contributed by atoms with Gasteiger partial charge in [-0.15, -0.1) is 0 Å². The Morgan fingerprint density at radius 3 is 0.941 bits per heavy atom. The molecule has 4 aromatic carbocycles. The van der Waals surface area contributed by atoms with Gasteiger partial charge in [-0.05, 0) is 106 Å². The van der Waals surface area contributed by atoms with Crippen LogP contribution in [0.5, 0.6) is 0 Å². The number of carbonyl (C=O) groups is 3. The molecule has 0 saturated heterocycles. The van der Waals surface area contributed by atoms with Crippen LogP contribution in [0.4, 0.5) is 0 Å². The molecule has 4 rings (SSSR count). The molecule has 0 radical (unpaired) electrons. The molecule has 0 bridgehead atoms. The van der Waals surface area contributed by atoms with E-state index < -0.39 is 0 Å². The average Bonchev–Trinajstić information content (AvgIpc) is 3.17. The smallest absolute Gasteiger partial charge is 0.338 e. The fourth-order valence-corrected chi connectivity index (χ4v) is 6.91. The van der Waals surface area contributed by atoms with Crippen molar-refractivity contribution in [2.75, 3.05) is 19.8 Å². The van der Waals surface area contributed by atoms with E-state index >= 15 is 0 Å². The van der Waals surface area contributed by atoms with Crippen LogP contribution in [0, 0.1) is 17.8 Å². The number of carbonyl (C=O) groups excluding carboxylic acids is 3. The lowest BCUT2D eigenvalue weighted by Crippen LogP contribution is -2.14. The number of esters is 3. The molecule has 0 aliphatic heterocycles. The highest BCUT2D eigenvalue weighted by atomic mass is 16.5. The molecule has 0 aliphatic carbocycles. The highest BCUT2D eigenvalue weighted by molar-refractivity contribution is 6.27. The van der Waals surface area contributed by atoms with Crippen molar-refractivity contribution in [2.45, 2.75) is 119 Å². The highest BCUT2D eigenvalue weighted by Crippen LogP contribution is 2.37. The lowest BCUT2D eigenvalue weighted by molar-refractivity contribution is 0.0420. The van der Waals surface area contributed by atoms with Gasteiger partial charge in [-0.2, -0.15) is 0 Å². The van der Waals surface area contributed by atoms with Crippen molar-refractivity contribution in [3.63, 3.8) is 0 Å². The molecule has 6 heteroatoms. The van der Waals surface area contributed by atoms with Gasteiger partial charge in [-0.3, -0.25) is 0 Å². The topological polar surface area (TPSA) is 78.9 Å². The SMILES string of the molecule is CCCC[C@@H](CC)COC(=O)c1ccc2c(c1)c1ccc(C(=O)OC[C@H](CC)CCCC)cc1c1ccc(C(=O)OC[C@H](CC)CCCC)cc21. The Bertz CT molecular complexity index is 1520. The molecule has 0 aliphatic rings. The van der Waals surface area contributed by atoms with Crippen molar-refractivity contribution >= 4 is 50.2 Å². The summed E-state index contributed by atoms with van der Waals surface area (Å²) in [5.41, 5.74) is 1.42. The molecule has 51 heavy (non-hydrogen) atoms. The van der Waals surface area contributed by atoms with Gasteiger partial charge in [0.05, 0.1) is 36.5 Å². The molecule has 0 amide bonds. The van der Waals surface area contributed by atoms with Crippen molar-refractivity contribution in [1.29, 1.82) is 0 Å². The van der Waals surface area contributed by atoms with Crippen molar-refractivity contribution < 1.29 is 28.6 Å². The fourth-order valence-electron chi connectivity index (χ4n) is 6.91. The summed E-state index contributed by atoms with van der Waals surface area (Å²) in [6.45, 7) is 14.1. The van der Waals surface area contributed by atoms with Crippen LogP contribution in [0.25, 0.3) is 32.3 Å². The quantitative estimate of drug-likeness (QED) is 0.0490. The predicted molar refractivity (Wildman–Crippen MR) is 210 cm³/mol. The monoisotopic (exact) mass is 696 g/mol. The van der Waals surface area contributed by atoms with E-state index in [9.17, 15) is 14.4 Å². The van der Waals surface area contributed by atoms with Crippen LogP contribution in [0.2, 0.25) is 0 Å². The Labute approximate surface area is 305 Å². The second-order valence-electron chi connectivity index (χ2n) is 14.3. The molecule has 6 nitrogen and oxygen atoms in total. The van der Waals surface area contributed by atoms with Gasteiger partial charge in [-0.1, -0.05) is 118 Å². The van der Waals surface area contributed by atoms with E-state index in [2.05, 4.69) is 41.5 Å². The van der Waals surface area contributed by atoms with Crippen LogP contribution in [0.1, 0.15) is 150 Å². The summed E-state index contributed by atoms with van der Waals surface area (Å²) in [4.78, 5) is 40.1. The minimum absolute atomic E-state index is 0.342. The van der Waals surface area contributed by atoms with Crippen LogP contribution in [-0.2, 0) is 14.2 Å². The highest BCUT2D eigenvalue weighted by Gasteiger charge is 2.19. The first-order valence-electron chi connectivity index (χ1n) is 19.7. The van der Waals surface area contributed by atoms with E-state index in [4.69, 9.17) is 14.2 Å². The van der Waals surface area contributed by atoms with E-state index in [0.29, 0.717) is 54.3 Å². The molecule has 4 aromatic rings. The van der Waals surface area contributed by atoms with Crippen LogP contribution >= 0.6 is 0 Å². The minimum Gasteiger partial charge on any atom is -0.462 e. The molecule has 0 N–H and O–H groups in total. The molecule has 0 fully saturated rings. The molecule has 0 spiro atoms. The lowest BCUT2D eigenvalue weighted by atomic mass is 9.91. The van der Waals surface area contributed by atoms with Gasteiger partial charge >= 0.3 is 17.9 Å². The predicted octanol–water partition coefficient (Wildman–Crippen LogP) is 12.3. The van der Waals surface area contributed by atoms with Crippen LogP contribution in [-0.4, -0.2) is 37.7 Å². The van der Waals surface area contributed by atoms with Crippen LogP contribution in [0.3, 0.4) is 0 Å². The zero-order valence-corrected chi connectivity index (χ0v) is 32.0. The standard InChI is InChI=1S/C45H60O6/c1-7-13-16-31(10-4)28-49-43(46)34-19-22-37-40(25-34)38-23-20-35(44(47)50-29-32(11-5)17-14-8-2)27-42(38)39-24-21-36(26-41(37)39)45(48)51-30-33(12-6)18-15-9-3/h19-27,31-33H,7-18,28-30H2,1-6H3/t31-,32-,33-/m1/s1. The number of benzene rings is 4. The second kappa shape index (κ2) is 20.2. The van der Waals surface area contributed by atoms with Crippen molar-refractivity contribution in [1.82, 2.24) is 0 Å². The molecular weight excluding hydrogens is 636 g/mol. The number of hydrogen-bond donors (Lipinski definition) is 0. The molecule has 0 saturated carbocycles. The Balaban J connectivity index is 1.74. The Morgan fingerprint density at radius 1 is 0.431 bits per heavy atom. The van der Waals surface area contributed by atoms with E-state index in [1.807, 2.05) is 54.6 Å². The van der Waals surface area contributed by atoms with Crippen molar-refractivity contribution in [3.8, 4) is 0 Å². The van der Waals surface area contributed by atoms with Gasteiger partial charge in [0.1, 0.15) is 0 Å². The van der Waals surface area contributed by atoms with E-state index in [0.717, 1.165) is 109 Å². The minimum atomic E-state index is -0.347. The summed E-state index contributed by atoms with van der Waals surface area (Å²) in [6.07, 6.45) is 12.7. The molecule has 0 heterocycles. The maximum atomic E-state index is 13.4. The fraction of sp³-hybridized carbons (Fsp3) is 0.533. The Kier molecular flexibility index (Phi) is 15.8. The summed E-state index contributed by atoms with van der Waals surface area (Å²) >= 11 is 0. The van der Waals surface area contributed by atoms with Gasteiger partial charge < -0.3 is 14.2 Å². The first-order valence-corrected chi connectivity index (χ1v) is 19.7. The maximum Gasteiger partial charge on any atom is 0.338 e. The van der Waals surface area contributed by atoms with Crippen molar-refractivity contribution in [3.05, 3.63) is 71.3 Å². The molecule has 276 valence electrons. The number of rotatable bonds is 21. The maximum absolute atomic E-state index is 13.4. The van der Waals surface area contributed by atoms with E-state index in [-0.39, 0.29) is 17.9 Å². The first-order chi connectivity index (χ1) is 24.8. The lowest BCUT2D eigenvalue weighted by Gasteiger charge is -2.17. The van der Waals surface area contributed by atoms with Gasteiger partial charge in [-0.25, -0.2) is 14.4 Å². The third-order valence-electron chi connectivity index (χ3n) is 10.6. The summed E-state index contributed by atoms with van der Waals surface area (Å²) in [7, 11) is 0. The normalized spacial score (nSPS) is 13.3. The van der Waals surface area contributed by atoms with Gasteiger partial charge in [0, 0.05) is 0 Å². The first kappa shape index (κ1) is 39.8. The molecule has 0 unspecified atom stereocenters. The van der Waals surface area contributed by atoms with E-state index in [1.54, 1.807) is 0 Å². The summed E-state index contributed by atoms with van der Waals surface area (Å²) in [5.74, 6) is -0.0175. The summed E-state index contributed by atoms with van der Waals surface area (Å²) < 4.78 is 17.5. The van der Waals surface area contributed by atoms with Crippen molar-refractivity contribution in [2.24, 2.45) is 17.8 Å². The van der Waals surface area contributed by atoms with Gasteiger partial charge in [0.15, 0.2) is 0 Å². The molecular formula is C45H60O6. The van der Waals surface area contributed by atoms with Gasteiger partial charge in [0.2, 0.25) is 0 Å². The Hall–Kier alpha value is -3.93.